The lowest BCUT2D eigenvalue weighted by atomic mass is 10.1. The molecule has 12 heteroatoms. The topological polar surface area (TPSA) is 114 Å². The quantitative estimate of drug-likeness (QED) is 0.339. The first-order chi connectivity index (χ1) is 21.2. The molecule has 1 atom stereocenters. The summed E-state index contributed by atoms with van der Waals surface area (Å²) >= 11 is 0. The number of rotatable bonds is 11. The van der Waals surface area contributed by atoms with Crippen LogP contribution in [0.5, 0.6) is 17.2 Å². The number of anilines is 1. The van der Waals surface area contributed by atoms with E-state index in [0.717, 1.165) is 42.1 Å². The van der Waals surface area contributed by atoms with E-state index in [2.05, 4.69) is 5.32 Å². The molecule has 0 spiro atoms. The highest BCUT2D eigenvalue weighted by molar-refractivity contribution is 7.92. The third kappa shape index (κ3) is 7.07. The summed E-state index contributed by atoms with van der Waals surface area (Å²) in [4.78, 5) is 28.7. The fraction of sp³-hybridized carbons (Fsp3) is 0.375. The van der Waals surface area contributed by atoms with Crippen molar-refractivity contribution >= 4 is 27.5 Å². The summed E-state index contributed by atoms with van der Waals surface area (Å²) in [6, 6.07) is 15.3. The van der Waals surface area contributed by atoms with Gasteiger partial charge in [0, 0.05) is 18.7 Å². The van der Waals surface area contributed by atoms with Crippen molar-refractivity contribution in [3.05, 3.63) is 78.1 Å². The van der Waals surface area contributed by atoms with E-state index < -0.39 is 34.3 Å². The normalized spacial score (nSPS) is 15.3. The smallest absolute Gasteiger partial charge is 0.264 e. The highest BCUT2D eigenvalue weighted by atomic mass is 32.2. The first kappa shape index (κ1) is 31.1. The van der Waals surface area contributed by atoms with Gasteiger partial charge in [0.15, 0.2) is 11.5 Å². The summed E-state index contributed by atoms with van der Waals surface area (Å²) in [6.07, 6.45) is 3.79. The van der Waals surface area contributed by atoms with Crippen molar-refractivity contribution in [2.24, 2.45) is 0 Å². The molecule has 3 aromatic rings. The zero-order valence-electron chi connectivity index (χ0n) is 24.7. The number of hydrogen-bond donors (Lipinski definition) is 1. The largest absolute Gasteiger partial charge is 0.497 e. The van der Waals surface area contributed by atoms with E-state index in [9.17, 15) is 22.4 Å². The summed E-state index contributed by atoms with van der Waals surface area (Å²) in [6.45, 7) is 1.60. The molecule has 0 saturated heterocycles. The molecule has 10 nitrogen and oxygen atoms in total. The molecule has 1 saturated carbocycles. The monoisotopic (exact) mass is 625 g/mol. The van der Waals surface area contributed by atoms with Gasteiger partial charge in [-0.05, 0) is 73.9 Å². The summed E-state index contributed by atoms with van der Waals surface area (Å²) in [7, 11) is -2.84. The predicted octanol–water partition coefficient (Wildman–Crippen LogP) is 4.28. The van der Waals surface area contributed by atoms with Crippen molar-refractivity contribution in [2.45, 2.75) is 56.1 Å². The van der Waals surface area contributed by atoms with Crippen molar-refractivity contribution in [1.82, 2.24) is 10.2 Å². The molecule has 2 aliphatic rings. The average Bonchev–Trinajstić information content (AvgIpc) is 3.55. The Kier molecular flexibility index (Phi) is 9.58. The second kappa shape index (κ2) is 13.5. The number of nitrogens with zero attached hydrogens (tertiary/aromatic N) is 2. The predicted molar refractivity (Wildman–Crippen MR) is 162 cm³/mol. The molecule has 0 bridgehead atoms. The molecule has 0 radical (unpaired) electrons. The molecule has 3 aromatic carbocycles. The van der Waals surface area contributed by atoms with Gasteiger partial charge in [-0.25, -0.2) is 12.8 Å². The molecule has 1 N–H and O–H groups in total. The third-order valence-electron chi connectivity index (χ3n) is 7.85. The number of fused-ring (bicyclic) bond motifs is 1. The van der Waals surface area contributed by atoms with Crippen LogP contribution >= 0.6 is 0 Å². The molecule has 234 valence electrons. The molecule has 1 aliphatic carbocycles. The standard InChI is InChI=1S/C32H36FN3O7S/c1-22(32(38)34-25-7-3-4-8-25)35(20-23-6-5-9-27(18-23)41-2)31(37)21-36(26-12-10-24(33)11-13-26)44(39,40)28-14-15-29-30(19-28)43-17-16-42-29/h5-6,9-15,18-19,22,25H,3-4,7-8,16-17,20-21H2,1-2H3,(H,34,38). The Bertz CT molecular complexity index is 1590. The van der Waals surface area contributed by atoms with E-state index in [1.165, 1.54) is 42.3 Å². The van der Waals surface area contributed by atoms with Gasteiger partial charge >= 0.3 is 0 Å². The Hall–Kier alpha value is -4.32. The molecule has 44 heavy (non-hydrogen) atoms. The van der Waals surface area contributed by atoms with E-state index in [0.29, 0.717) is 23.7 Å². The van der Waals surface area contributed by atoms with E-state index in [-0.39, 0.29) is 41.4 Å². The van der Waals surface area contributed by atoms with Gasteiger partial charge < -0.3 is 24.4 Å². The lowest BCUT2D eigenvalue weighted by Crippen LogP contribution is -2.52. The molecular formula is C32H36FN3O7S. The minimum absolute atomic E-state index is 0.0244. The SMILES string of the molecule is COc1cccc(CN(C(=O)CN(c2ccc(F)cc2)S(=O)(=O)c2ccc3c(c2)OCCO3)C(C)C(=O)NC2CCCC2)c1. The van der Waals surface area contributed by atoms with E-state index in [1.807, 2.05) is 0 Å². The summed E-state index contributed by atoms with van der Waals surface area (Å²) in [5, 5.41) is 3.04. The van der Waals surface area contributed by atoms with E-state index >= 15 is 0 Å². The minimum Gasteiger partial charge on any atom is -0.497 e. The third-order valence-corrected chi connectivity index (χ3v) is 9.62. The fourth-order valence-electron chi connectivity index (χ4n) is 5.39. The second-order valence-electron chi connectivity index (χ2n) is 10.8. The van der Waals surface area contributed by atoms with Gasteiger partial charge in [-0.3, -0.25) is 13.9 Å². The van der Waals surface area contributed by atoms with Crippen LogP contribution in [0.4, 0.5) is 10.1 Å². The van der Waals surface area contributed by atoms with Crippen LogP contribution in [-0.4, -0.2) is 64.1 Å². The number of hydrogen-bond acceptors (Lipinski definition) is 7. The lowest BCUT2D eigenvalue weighted by Gasteiger charge is -2.32. The zero-order valence-corrected chi connectivity index (χ0v) is 25.5. The summed E-state index contributed by atoms with van der Waals surface area (Å²) in [5.41, 5.74) is 0.778. The Labute approximate surface area is 256 Å². The molecule has 1 fully saturated rings. The molecule has 5 rings (SSSR count). The number of sulfonamides is 1. The number of carbonyl (C=O) groups excluding carboxylic acids is 2. The number of carbonyl (C=O) groups is 2. The number of benzene rings is 3. The lowest BCUT2D eigenvalue weighted by molar-refractivity contribution is -0.139. The van der Waals surface area contributed by atoms with Crippen molar-refractivity contribution < 1.29 is 36.6 Å². The van der Waals surface area contributed by atoms with Gasteiger partial charge in [0.05, 0.1) is 17.7 Å². The van der Waals surface area contributed by atoms with Gasteiger partial charge in [-0.2, -0.15) is 0 Å². The zero-order chi connectivity index (χ0) is 31.3. The molecule has 1 heterocycles. The van der Waals surface area contributed by atoms with Gasteiger partial charge in [0.25, 0.3) is 10.0 Å². The Morgan fingerprint density at radius 1 is 1.00 bits per heavy atom. The molecule has 0 aromatic heterocycles. The number of amides is 2. The maximum absolute atomic E-state index is 14.1. The van der Waals surface area contributed by atoms with Crippen LogP contribution in [0, 0.1) is 5.82 Å². The van der Waals surface area contributed by atoms with Crippen molar-refractivity contribution in [3.63, 3.8) is 0 Å². The Morgan fingerprint density at radius 2 is 1.70 bits per heavy atom. The van der Waals surface area contributed by atoms with Crippen molar-refractivity contribution in [3.8, 4) is 17.2 Å². The highest BCUT2D eigenvalue weighted by Gasteiger charge is 2.34. The first-order valence-electron chi connectivity index (χ1n) is 14.6. The number of nitrogens with one attached hydrogen (secondary N) is 1. The van der Waals surface area contributed by atoms with Gasteiger partial charge in [-0.15, -0.1) is 0 Å². The number of methoxy groups -OCH3 is 1. The van der Waals surface area contributed by atoms with Crippen LogP contribution in [0.3, 0.4) is 0 Å². The van der Waals surface area contributed by atoms with Crippen LogP contribution in [0.15, 0.2) is 71.6 Å². The van der Waals surface area contributed by atoms with Crippen LogP contribution in [0.2, 0.25) is 0 Å². The number of ether oxygens (including phenoxy) is 3. The molecular weight excluding hydrogens is 589 g/mol. The minimum atomic E-state index is -4.37. The van der Waals surface area contributed by atoms with Crippen LogP contribution in [-0.2, 0) is 26.2 Å². The highest BCUT2D eigenvalue weighted by Crippen LogP contribution is 2.34. The molecule has 1 unspecified atom stereocenters. The van der Waals surface area contributed by atoms with Gasteiger partial charge in [-0.1, -0.05) is 25.0 Å². The van der Waals surface area contributed by atoms with Crippen LogP contribution < -0.4 is 23.8 Å². The van der Waals surface area contributed by atoms with Crippen molar-refractivity contribution in [1.29, 1.82) is 0 Å². The number of halogens is 1. The summed E-state index contributed by atoms with van der Waals surface area (Å²) < 4.78 is 59.5. The van der Waals surface area contributed by atoms with Gasteiger partial charge in [0.1, 0.15) is 37.4 Å². The Balaban J connectivity index is 1.48. The van der Waals surface area contributed by atoms with Gasteiger partial charge in [0.2, 0.25) is 11.8 Å². The average molecular weight is 626 g/mol. The fourth-order valence-corrected chi connectivity index (χ4v) is 6.82. The van der Waals surface area contributed by atoms with E-state index in [4.69, 9.17) is 14.2 Å². The second-order valence-corrected chi connectivity index (χ2v) is 12.7. The molecule has 2 amide bonds. The van der Waals surface area contributed by atoms with Crippen LogP contribution in [0.1, 0.15) is 38.2 Å². The molecule has 1 aliphatic heterocycles. The van der Waals surface area contributed by atoms with E-state index in [1.54, 1.807) is 31.2 Å². The summed E-state index contributed by atoms with van der Waals surface area (Å²) in [5.74, 6) is -0.255. The maximum atomic E-state index is 14.1. The van der Waals surface area contributed by atoms with Crippen molar-refractivity contribution in [2.75, 3.05) is 31.2 Å². The maximum Gasteiger partial charge on any atom is 0.264 e. The first-order valence-corrected chi connectivity index (χ1v) is 16.0. The van der Waals surface area contributed by atoms with Crippen LogP contribution in [0.25, 0.3) is 0 Å². The Morgan fingerprint density at radius 3 is 2.41 bits per heavy atom.